The number of rotatable bonds is 4. The number of nitrogens with zero attached hydrogens (tertiary/aromatic N) is 3. The maximum Gasteiger partial charge on any atom is 0.253 e. The number of hydrogen-bond donors (Lipinski definition) is 2. The van der Waals surface area contributed by atoms with Crippen molar-refractivity contribution in [1.29, 1.82) is 0 Å². The Hall–Kier alpha value is -3.12. The predicted molar refractivity (Wildman–Crippen MR) is 104 cm³/mol. The van der Waals surface area contributed by atoms with E-state index >= 15 is 0 Å². The van der Waals surface area contributed by atoms with Gasteiger partial charge in [-0.05, 0) is 50.2 Å². The lowest BCUT2D eigenvalue weighted by atomic mass is 10.3. The number of para-hydroxylation sites is 1. The molecule has 3 rings (SSSR count). The van der Waals surface area contributed by atoms with E-state index in [1.807, 2.05) is 50.2 Å². The van der Waals surface area contributed by atoms with Crippen LogP contribution in [0.4, 0.5) is 11.6 Å². The largest absolute Gasteiger partial charge is 0.455 e. The van der Waals surface area contributed by atoms with Gasteiger partial charge >= 0.3 is 0 Å². The number of ether oxygens (including phenoxy) is 1. The van der Waals surface area contributed by atoms with Gasteiger partial charge in [-0.1, -0.05) is 29.8 Å². The molecule has 132 valence electrons. The van der Waals surface area contributed by atoms with E-state index in [1.165, 1.54) is 0 Å². The molecule has 0 saturated heterocycles. The third-order valence-corrected chi connectivity index (χ3v) is 3.60. The maximum absolute atomic E-state index is 6.10. The zero-order valence-corrected chi connectivity index (χ0v) is 15.2. The van der Waals surface area contributed by atoms with Crippen molar-refractivity contribution in [2.45, 2.75) is 13.8 Å². The van der Waals surface area contributed by atoms with Gasteiger partial charge in [0.05, 0.1) is 5.69 Å². The van der Waals surface area contributed by atoms with E-state index in [0.717, 1.165) is 11.4 Å². The number of anilines is 1. The number of benzene rings is 2. The highest BCUT2D eigenvalue weighted by atomic mass is 35.5. The lowest BCUT2D eigenvalue weighted by Gasteiger charge is -2.13. The molecule has 3 aromatic rings. The van der Waals surface area contributed by atoms with Crippen LogP contribution in [0.15, 0.2) is 59.6 Å². The summed E-state index contributed by atoms with van der Waals surface area (Å²) in [5.41, 5.74) is 8.24. The van der Waals surface area contributed by atoms with Crippen LogP contribution in [-0.2, 0) is 0 Å². The Bertz CT molecular complexity index is 924. The Labute approximate surface area is 156 Å². The zero-order chi connectivity index (χ0) is 18.5. The van der Waals surface area contributed by atoms with E-state index in [4.69, 9.17) is 22.1 Å². The van der Waals surface area contributed by atoms with Gasteiger partial charge in [-0.15, -0.1) is 0 Å². The summed E-state index contributed by atoms with van der Waals surface area (Å²) >= 11 is 6.10. The summed E-state index contributed by atoms with van der Waals surface area (Å²) in [7, 11) is 0. The lowest BCUT2D eigenvalue weighted by molar-refractivity contribution is 0.485. The summed E-state index contributed by atoms with van der Waals surface area (Å²) in [6.45, 7) is 3.75. The monoisotopic (exact) mass is 367 g/mol. The third-order valence-electron chi connectivity index (χ3n) is 3.37. The van der Waals surface area contributed by atoms with Crippen molar-refractivity contribution in [1.82, 2.24) is 9.97 Å². The second kappa shape index (κ2) is 7.84. The van der Waals surface area contributed by atoms with Gasteiger partial charge in [0, 0.05) is 16.4 Å². The number of nitrogens with two attached hydrogens (primary N) is 1. The predicted octanol–water partition coefficient (Wildman–Crippen LogP) is 4.60. The molecule has 0 aliphatic rings. The minimum absolute atomic E-state index is 0.134. The standard InChI is InChI=1S/C19H18ClN5O/c1-12-10-13(2)23-19(22-12)25-18(21)24-16-11-14(20)8-9-17(16)26-15-6-4-3-5-7-15/h3-11H,1-2H3,(H3,21,22,23,24,25). The van der Waals surface area contributed by atoms with Crippen molar-refractivity contribution in [3.63, 3.8) is 0 Å². The van der Waals surface area contributed by atoms with Gasteiger partial charge in [0.1, 0.15) is 5.75 Å². The van der Waals surface area contributed by atoms with Crippen LogP contribution in [0, 0.1) is 13.8 Å². The highest BCUT2D eigenvalue weighted by Gasteiger charge is 2.08. The number of halogens is 1. The molecule has 26 heavy (non-hydrogen) atoms. The molecule has 7 heteroatoms. The summed E-state index contributed by atoms with van der Waals surface area (Å²) in [5, 5.41) is 3.54. The Morgan fingerprint density at radius 3 is 2.42 bits per heavy atom. The van der Waals surface area contributed by atoms with Gasteiger partial charge < -0.3 is 15.8 Å². The molecule has 1 aromatic heterocycles. The minimum atomic E-state index is 0.134. The van der Waals surface area contributed by atoms with Gasteiger partial charge in [-0.3, -0.25) is 0 Å². The number of hydrogen-bond acceptors (Lipinski definition) is 4. The summed E-state index contributed by atoms with van der Waals surface area (Å²) in [6, 6.07) is 16.5. The summed E-state index contributed by atoms with van der Waals surface area (Å²) in [5.74, 6) is 1.70. The average Bonchev–Trinajstić information content (AvgIpc) is 2.57. The van der Waals surface area contributed by atoms with Gasteiger partial charge in [-0.25, -0.2) is 9.97 Å². The van der Waals surface area contributed by atoms with Crippen molar-refractivity contribution in [3.8, 4) is 11.5 Å². The third kappa shape index (κ3) is 4.70. The number of guanidine groups is 1. The van der Waals surface area contributed by atoms with Crippen molar-refractivity contribution < 1.29 is 4.74 Å². The molecular formula is C19H18ClN5O. The fourth-order valence-corrected chi connectivity index (χ4v) is 2.51. The van der Waals surface area contributed by atoms with Crippen LogP contribution in [0.3, 0.4) is 0 Å². The van der Waals surface area contributed by atoms with Crippen LogP contribution in [0.1, 0.15) is 11.4 Å². The molecule has 3 N–H and O–H groups in total. The Kier molecular flexibility index (Phi) is 5.34. The van der Waals surface area contributed by atoms with Crippen LogP contribution in [0.5, 0.6) is 11.5 Å². The molecule has 0 fully saturated rings. The topological polar surface area (TPSA) is 85.4 Å². The fourth-order valence-electron chi connectivity index (χ4n) is 2.34. The molecule has 0 amide bonds. The van der Waals surface area contributed by atoms with Crippen molar-refractivity contribution in [2.75, 3.05) is 5.32 Å². The molecule has 2 aromatic carbocycles. The Morgan fingerprint density at radius 2 is 1.73 bits per heavy atom. The Morgan fingerprint density at radius 1 is 1.04 bits per heavy atom. The fraction of sp³-hybridized carbons (Fsp3) is 0.105. The second-order valence-electron chi connectivity index (χ2n) is 5.63. The first-order chi connectivity index (χ1) is 12.5. The SMILES string of the molecule is Cc1cc(C)nc(N=C(N)Nc2cc(Cl)ccc2Oc2ccccc2)n1. The van der Waals surface area contributed by atoms with E-state index in [-0.39, 0.29) is 5.96 Å². The normalized spacial score (nSPS) is 11.3. The van der Waals surface area contributed by atoms with E-state index in [1.54, 1.807) is 18.2 Å². The molecule has 0 atom stereocenters. The summed E-state index contributed by atoms with van der Waals surface area (Å²) < 4.78 is 5.89. The smallest absolute Gasteiger partial charge is 0.253 e. The first-order valence-corrected chi connectivity index (χ1v) is 8.33. The van der Waals surface area contributed by atoms with Crippen LogP contribution in [0.25, 0.3) is 0 Å². The summed E-state index contributed by atoms with van der Waals surface area (Å²) in [4.78, 5) is 12.7. The van der Waals surface area contributed by atoms with Gasteiger partial charge in [0.25, 0.3) is 5.95 Å². The van der Waals surface area contributed by atoms with Crippen molar-refractivity contribution >= 4 is 29.2 Å². The first-order valence-electron chi connectivity index (χ1n) is 7.95. The molecule has 0 spiro atoms. The number of aromatic nitrogens is 2. The number of aliphatic imine (C=N–C) groups is 1. The molecule has 0 bridgehead atoms. The van der Waals surface area contributed by atoms with E-state index < -0.39 is 0 Å². The molecule has 0 saturated carbocycles. The van der Waals surface area contributed by atoms with Gasteiger partial charge in [-0.2, -0.15) is 4.99 Å². The highest BCUT2D eigenvalue weighted by molar-refractivity contribution is 6.31. The average molecular weight is 368 g/mol. The maximum atomic E-state index is 6.10. The van der Waals surface area contributed by atoms with Gasteiger partial charge in [0.15, 0.2) is 5.75 Å². The van der Waals surface area contributed by atoms with E-state index in [9.17, 15) is 0 Å². The highest BCUT2D eigenvalue weighted by Crippen LogP contribution is 2.31. The van der Waals surface area contributed by atoms with Crippen LogP contribution in [0.2, 0.25) is 5.02 Å². The molecule has 0 aliphatic heterocycles. The molecule has 0 unspecified atom stereocenters. The van der Waals surface area contributed by atoms with Crippen LogP contribution in [-0.4, -0.2) is 15.9 Å². The summed E-state index contributed by atoms with van der Waals surface area (Å²) in [6.07, 6.45) is 0. The number of nitrogens with one attached hydrogen (secondary N) is 1. The minimum Gasteiger partial charge on any atom is -0.455 e. The van der Waals surface area contributed by atoms with E-state index in [0.29, 0.717) is 28.2 Å². The first kappa shape index (κ1) is 17.7. The molecule has 6 nitrogen and oxygen atoms in total. The lowest BCUT2D eigenvalue weighted by Crippen LogP contribution is -2.22. The molecule has 0 radical (unpaired) electrons. The number of aryl methyl sites for hydroxylation is 2. The van der Waals surface area contributed by atoms with Crippen LogP contribution >= 0.6 is 11.6 Å². The molecular weight excluding hydrogens is 350 g/mol. The Balaban J connectivity index is 1.86. The molecule has 0 aliphatic carbocycles. The van der Waals surface area contributed by atoms with Gasteiger partial charge in [0.2, 0.25) is 5.96 Å². The zero-order valence-electron chi connectivity index (χ0n) is 14.4. The van der Waals surface area contributed by atoms with Crippen molar-refractivity contribution in [3.05, 3.63) is 71.0 Å². The quantitative estimate of drug-likeness (QED) is 0.520. The van der Waals surface area contributed by atoms with Crippen molar-refractivity contribution in [2.24, 2.45) is 10.7 Å². The van der Waals surface area contributed by atoms with Crippen LogP contribution < -0.4 is 15.8 Å². The second-order valence-corrected chi connectivity index (χ2v) is 6.06. The molecule has 1 heterocycles. The van der Waals surface area contributed by atoms with E-state index in [2.05, 4.69) is 20.3 Å².